The number of aromatic nitrogens is 2. The van der Waals surface area contributed by atoms with E-state index in [9.17, 15) is 18.4 Å². The zero-order valence-electron chi connectivity index (χ0n) is 23.2. The van der Waals surface area contributed by atoms with Crippen molar-refractivity contribution in [3.63, 3.8) is 0 Å². The number of carbonyl (C=O) groups excluding carboxylic acids is 2. The van der Waals surface area contributed by atoms with E-state index < -0.39 is 17.0 Å². The van der Waals surface area contributed by atoms with Gasteiger partial charge in [-0.3, -0.25) is 14.6 Å². The molecule has 4 aliphatic rings. The lowest BCUT2D eigenvalue weighted by Crippen LogP contribution is -2.44. The average Bonchev–Trinajstić information content (AvgIpc) is 3.63. The highest BCUT2D eigenvalue weighted by Crippen LogP contribution is 2.54. The minimum absolute atomic E-state index is 0. The zero-order valence-corrected chi connectivity index (χ0v) is 23.2. The van der Waals surface area contributed by atoms with Gasteiger partial charge in [-0.1, -0.05) is 25.5 Å². The number of pyridine rings is 2. The number of nitrogens with one attached hydrogen (secondary N) is 2. The van der Waals surface area contributed by atoms with Crippen LogP contribution >= 0.6 is 0 Å². The van der Waals surface area contributed by atoms with Crippen molar-refractivity contribution in [2.75, 3.05) is 17.2 Å². The molecule has 2 fully saturated rings. The molecule has 1 saturated carbocycles. The summed E-state index contributed by atoms with van der Waals surface area (Å²) in [5, 5.41) is 5.88. The Balaban J connectivity index is 0.00000316. The van der Waals surface area contributed by atoms with Crippen molar-refractivity contribution in [2.24, 2.45) is 5.41 Å². The standard InChI is InChI=1S/C32H31F2N5O2.H2O/c1-19-31(7-2-3-8-31)9-6-27(20-11-22(33)14-23(34)12-20)39(19)18-28(40)37-24-13-21-15-32(16-26(21)36-17-24)25-5-4-10-35-29(25)38-30(32)41;/h4-5,10-14,17,27H,1-3,6-9,15-16,18H2,(H,37,40)(H,35,38,41);1H2/t27-,32?;/m0./s1. The summed E-state index contributed by atoms with van der Waals surface area (Å²) in [5.74, 6) is -1.02. The molecule has 0 radical (unpaired) electrons. The number of halogens is 2. The molecule has 2 atom stereocenters. The van der Waals surface area contributed by atoms with Gasteiger partial charge in [-0.05, 0) is 67.5 Å². The molecule has 2 spiro atoms. The predicted octanol–water partition coefficient (Wildman–Crippen LogP) is 4.77. The Labute approximate surface area is 242 Å². The Morgan fingerprint density at radius 3 is 2.62 bits per heavy atom. The maximum atomic E-state index is 14.2. The summed E-state index contributed by atoms with van der Waals surface area (Å²) in [6.45, 7) is 4.43. The van der Waals surface area contributed by atoms with Crippen molar-refractivity contribution >= 4 is 23.3 Å². The monoisotopic (exact) mass is 573 g/mol. The van der Waals surface area contributed by atoms with Gasteiger partial charge in [-0.25, -0.2) is 13.8 Å². The number of anilines is 2. The first-order valence-electron chi connectivity index (χ1n) is 14.2. The molecule has 2 aromatic heterocycles. The number of likely N-dealkylation sites (tertiary alicyclic amines) is 1. The Morgan fingerprint density at radius 1 is 1.10 bits per heavy atom. The van der Waals surface area contributed by atoms with Crippen LogP contribution in [0.5, 0.6) is 0 Å². The molecule has 4 heterocycles. The van der Waals surface area contributed by atoms with Crippen LogP contribution < -0.4 is 10.6 Å². The fourth-order valence-electron chi connectivity index (χ4n) is 7.66. The van der Waals surface area contributed by atoms with Crippen LogP contribution in [0.2, 0.25) is 0 Å². The summed E-state index contributed by atoms with van der Waals surface area (Å²) in [6.07, 6.45) is 10.0. The predicted molar refractivity (Wildman–Crippen MR) is 154 cm³/mol. The number of hydrogen-bond acceptors (Lipinski definition) is 5. The van der Waals surface area contributed by atoms with Gasteiger partial charge in [0.15, 0.2) is 0 Å². The maximum Gasteiger partial charge on any atom is 0.243 e. The van der Waals surface area contributed by atoms with Crippen molar-refractivity contribution in [3.8, 4) is 0 Å². The molecule has 2 amide bonds. The Hall–Kier alpha value is -4.18. The van der Waals surface area contributed by atoms with Gasteiger partial charge in [0.05, 0.1) is 29.9 Å². The van der Waals surface area contributed by atoms with Crippen molar-refractivity contribution in [2.45, 2.75) is 62.8 Å². The van der Waals surface area contributed by atoms with E-state index in [1.807, 2.05) is 23.1 Å². The molecule has 2 aliphatic carbocycles. The summed E-state index contributed by atoms with van der Waals surface area (Å²) in [6, 6.07) is 8.87. The number of hydrogen-bond donors (Lipinski definition) is 2. The lowest BCUT2D eigenvalue weighted by molar-refractivity contribution is -0.120. The third kappa shape index (κ3) is 4.45. The van der Waals surface area contributed by atoms with E-state index in [0.717, 1.165) is 60.7 Å². The highest BCUT2D eigenvalue weighted by atomic mass is 19.1. The summed E-state index contributed by atoms with van der Waals surface area (Å²) in [4.78, 5) is 37.4. The van der Waals surface area contributed by atoms with Crippen molar-refractivity contribution in [1.29, 1.82) is 0 Å². The first-order chi connectivity index (χ1) is 19.8. The minimum Gasteiger partial charge on any atom is -0.412 e. The van der Waals surface area contributed by atoms with Gasteiger partial charge < -0.3 is 21.0 Å². The van der Waals surface area contributed by atoms with Gasteiger partial charge in [-0.15, -0.1) is 0 Å². The molecule has 1 saturated heterocycles. The molecule has 4 N–H and O–H groups in total. The van der Waals surface area contributed by atoms with Gasteiger partial charge in [0.1, 0.15) is 17.5 Å². The molecule has 42 heavy (non-hydrogen) atoms. The van der Waals surface area contributed by atoms with Crippen LogP contribution in [0.1, 0.15) is 67.0 Å². The number of piperidine rings is 1. The van der Waals surface area contributed by atoms with Crippen LogP contribution in [0, 0.1) is 17.0 Å². The minimum atomic E-state index is -0.740. The SMILES string of the molecule is C=C1N(CC(=O)Nc2cnc3c(c2)CC2(C3)C(=O)Nc3ncccc32)[C@H](c2cc(F)cc(F)c2)CCC12CCCC2.O. The molecular formula is C32H33F2N5O3. The van der Waals surface area contributed by atoms with Gasteiger partial charge >= 0.3 is 0 Å². The number of allylic oxidation sites excluding steroid dienone is 1. The second-order valence-corrected chi connectivity index (χ2v) is 12.0. The number of rotatable bonds is 4. The van der Waals surface area contributed by atoms with Crippen LogP contribution in [0.3, 0.4) is 0 Å². The highest BCUT2D eigenvalue weighted by Gasteiger charge is 2.51. The maximum absolute atomic E-state index is 14.2. The summed E-state index contributed by atoms with van der Waals surface area (Å²) < 4.78 is 28.4. The van der Waals surface area contributed by atoms with E-state index in [4.69, 9.17) is 0 Å². The van der Waals surface area contributed by atoms with E-state index in [-0.39, 0.29) is 35.3 Å². The van der Waals surface area contributed by atoms with E-state index in [2.05, 4.69) is 27.2 Å². The second kappa shape index (κ2) is 10.3. The third-order valence-corrected chi connectivity index (χ3v) is 9.67. The highest BCUT2D eigenvalue weighted by molar-refractivity contribution is 6.06. The van der Waals surface area contributed by atoms with Crippen LogP contribution in [-0.2, 0) is 27.8 Å². The number of carbonyl (C=O) groups is 2. The van der Waals surface area contributed by atoms with Gasteiger partial charge in [0, 0.05) is 41.1 Å². The summed E-state index contributed by atoms with van der Waals surface area (Å²) in [5.41, 5.74) is 3.73. The van der Waals surface area contributed by atoms with E-state index in [1.165, 1.54) is 12.1 Å². The fourth-order valence-corrected chi connectivity index (χ4v) is 7.66. The Kier molecular flexibility index (Phi) is 6.84. The quantitative estimate of drug-likeness (QED) is 0.466. The van der Waals surface area contributed by atoms with E-state index in [1.54, 1.807) is 12.4 Å². The molecule has 10 heteroatoms. The summed E-state index contributed by atoms with van der Waals surface area (Å²) in [7, 11) is 0. The fraction of sp³-hybridized carbons (Fsp3) is 0.375. The second-order valence-electron chi connectivity index (χ2n) is 12.0. The zero-order chi connectivity index (χ0) is 28.4. The number of amides is 2. The molecule has 1 aromatic carbocycles. The first-order valence-corrected chi connectivity index (χ1v) is 14.2. The average molecular weight is 574 g/mol. The largest absolute Gasteiger partial charge is 0.412 e. The van der Waals surface area contributed by atoms with Gasteiger partial charge in [0.2, 0.25) is 11.8 Å². The number of nitrogens with zero attached hydrogens (tertiary/aromatic N) is 3. The molecule has 8 nitrogen and oxygen atoms in total. The van der Waals surface area contributed by atoms with Gasteiger partial charge in [-0.2, -0.15) is 0 Å². The van der Waals surface area contributed by atoms with E-state index >= 15 is 0 Å². The Morgan fingerprint density at radius 2 is 1.86 bits per heavy atom. The molecule has 2 aliphatic heterocycles. The molecule has 218 valence electrons. The third-order valence-electron chi connectivity index (χ3n) is 9.67. The van der Waals surface area contributed by atoms with Crippen LogP contribution in [-0.4, -0.2) is 38.7 Å². The van der Waals surface area contributed by atoms with Crippen LogP contribution in [0.15, 0.2) is 61.1 Å². The number of fused-ring (bicyclic) bond motifs is 3. The molecule has 3 aromatic rings. The Bertz CT molecular complexity index is 1580. The molecule has 0 bridgehead atoms. The van der Waals surface area contributed by atoms with Crippen molar-refractivity contribution in [1.82, 2.24) is 14.9 Å². The molecule has 7 rings (SSSR count). The molecule has 1 unspecified atom stereocenters. The number of benzene rings is 1. The smallest absolute Gasteiger partial charge is 0.243 e. The lowest BCUT2D eigenvalue weighted by atomic mass is 9.72. The van der Waals surface area contributed by atoms with Gasteiger partial charge in [0.25, 0.3) is 0 Å². The normalized spacial score (nSPS) is 23.5. The topological polar surface area (TPSA) is 119 Å². The van der Waals surface area contributed by atoms with E-state index in [0.29, 0.717) is 36.3 Å². The molecular weight excluding hydrogens is 540 g/mol. The lowest BCUT2D eigenvalue weighted by Gasteiger charge is -2.48. The first kappa shape index (κ1) is 28.0. The van der Waals surface area contributed by atoms with Crippen LogP contribution in [0.4, 0.5) is 20.3 Å². The van der Waals surface area contributed by atoms with Crippen molar-refractivity contribution < 1.29 is 23.8 Å². The van der Waals surface area contributed by atoms with Crippen LogP contribution in [0.25, 0.3) is 0 Å². The summed E-state index contributed by atoms with van der Waals surface area (Å²) >= 11 is 0. The van der Waals surface area contributed by atoms with Crippen molar-refractivity contribution in [3.05, 3.63) is 95.1 Å².